The summed E-state index contributed by atoms with van der Waals surface area (Å²) in [5, 5.41) is 2.19. The molecule has 7 heteroatoms. The normalized spacial score (nSPS) is 22.4. The van der Waals surface area contributed by atoms with E-state index >= 15 is 0 Å². The average molecular weight is 581 g/mol. The molecule has 3 aromatic rings. The molecule has 1 aromatic carbocycles. The number of oxazole rings is 1. The first-order valence-corrected chi connectivity index (χ1v) is 17.4. The van der Waals surface area contributed by atoms with Crippen LogP contribution in [-0.4, -0.2) is 47.6 Å². The second-order valence-corrected chi connectivity index (χ2v) is 14.1. The molecular formula is C33H48N4OS2. The van der Waals surface area contributed by atoms with Gasteiger partial charge in [-0.25, -0.2) is 4.98 Å². The van der Waals surface area contributed by atoms with Crippen LogP contribution in [0.5, 0.6) is 0 Å². The van der Waals surface area contributed by atoms with Crippen molar-refractivity contribution in [1.82, 2.24) is 9.88 Å². The highest BCUT2D eigenvalue weighted by Crippen LogP contribution is 2.45. The second kappa shape index (κ2) is 13.5. The zero-order chi connectivity index (χ0) is 28.1. The monoisotopic (exact) mass is 580 g/mol. The molecule has 2 atom stereocenters. The van der Waals surface area contributed by atoms with Crippen molar-refractivity contribution in [3.63, 3.8) is 0 Å². The van der Waals surface area contributed by atoms with Gasteiger partial charge in [-0.3, -0.25) is 4.90 Å². The van der Waals surface area contributed by atoms with E-state index in [-0.39, 0.29) is 11.6 Å². The fourth-order valence-corrected chi connectivity index (χ4v) is 8.90. The van der Waals surface area contributed by atoms with Crippen molar-refractivity contribution in [3.05, 3.63) is 69.4 Å². The quantitative estimate of drug-likeness (QED) is 0.251. The van der Waals surface area contributed by atoms with Gasteiger partial charge >= 0.3 is 0 Å². The van der Waals surface area contributed by atoms with E-state index in [9.17, 15) is 0 Å². The van der Waals surface area contributed by atoms with E-state index in [0.29, 0.717) is 11.8 Å². The Bertz CT molecular complexity index is 1190. The first-order valence-electron chi connectivity index (χ1n) is 15.3. The van der Waals surface area contributed by atoms with E-state index in [2.05, 4.69) is 79.3 Å². The number of hydrogen-bond donors (Lipinski definition) is 1. The van der Waals surface area contributed by atoms with Crippen LogP contribution in [0.2, 0.25) is 0 Å². The molecule has 1 aliphatic heterocycles. The van der Waals surface area contributed by atoms with Crippen molar-refractivity contribution in [3.8, 4) is 0 Å². The van der Waals surface area contributed by atoms with E-state index in [0.717, 1.165) is 68.0 Å². The summed E-state index contributed by atoms with van der Waals surface area (Å²) < 4.78 is 6.80. The third kappa shape index (κ3) is 6.64. The van der Waals surface area contributed by atoms with Crippen LogP contribution in [0.25, 0.3) is 0 Å². The molecule has 2 aromatic heterocycles. The molecule has 3 heterocycles. The molecule has 5 nitrogen and oxygen atoms in total. The Morgan fingerprint density at radius 3 is 2.40 bits per heavy atom. The first kappa shape index (κ1) is 29.7. The van der Waals surface area contributed by atoms with E-state index in [1.54, 1.807) is 0 Å². The summed E-state index contributed by atoms with van der Waals surface area (Å²) in [6.45, 7) is 13.1. The third-order valence-corrected chi connectivity index (χ3v) is 11.6. The Balaban J connectivity index is 1.35. The summed E-state index contributed by atoms with van der Waals surface area (Å²) in [6, 6.07) is 13.2. The van der Waals surface area contributed by atoms with Crippen LogP contribution in [0.3, 0.4) is 0 Å². The van der Waals surface area contributed by atoms with Crippen LogP contribution in [0.15, 0.2) is 46.2 Å². The van der Waals surface area contributed by atoms with Crippen molar-refractivity contribution in [1.29, 1.82) is 0 Å². The molecule has 5 rings (SSSR count). The topological polar surface area (TPSA) is 58.5 Å². The predicted molar refractivity (Wildman–Crippen MR) is 172 cm³/mol. The maximum Gasteiger partial charge on any atom is 0.220 e. The summed E-state index contributed by atoms with van der Waals surface area (Å²) in [6.07, 6.45) is 6.77. The lowest BCUT2D eigenvalue weighted by Crippen LogP contribution is -2.43. The fraction of sp³-hybridized carbons (Fsp3) is 0.606. The highest BCUT2D eigenvalue weighted by atomic mass is 32.2. The number of nitrogens with two attached hydrogens (primary N) is 1. The number of anilines is 1. The Kier molecular flexibility index (Phi) is 9.98. The van der Waals surface area contributed by atoms with Gasteiger partial charge in [0, 0.05) is 35.9 Å². The molecule has 1 aliphatic carbocycles. The summed E-state index contributed by atoms with van der Waals surface area (Å²) in [5.41, 5.74) is 10.5. The SMILES string of the molecule is CCN(CC)C(CC1CCC(C(C)(N)c2sccc2C)CC1)c1nc(Cc2ccccc2)c(N2CCSCC2)o1. The lowest BCUT2D eigenvalue weighted by atomic mass is 9.70. The number of nitrogens with zero attached hydrogens (tertiary/aromatic N) is 3. The zero-order valence-corrected chi connectivity index (χ0v) is 26.5. The van der Waals surface area contributed by atoms with Crippen LogP contribution < -0.4 is 10.6 Å². The van der Waals surface area contributed by atoms with Gasteiger partial charge in [-0.15, -0.1) is 11.3 Å². The lowest BCUT2D eigenvalue weighted by Gasteiger charge is -2.40. The summed E-state index contributed by atoms with van der Waals surface area (Å²) in [5.74, 6) is 5.42. The molecule has 0 spiro atoms. The molecule has 0 amide bonds. The van der Waals surface area contributed by atoms with Crippen LogP contribution in [0, 0.1) is 18.8 Å². The fourth-order valence-electron chi connectivity index (χ4n) is 6.92. The smallest absolute Gasteiger partial charge is 0.220 e. The van der Waals surface area contributed by atoms with Crippen molar-refractivity contribution in [2.45, 2.75) is 77.8 Å². The highest BCUT2D eigenvalue weighted by molar-refractivity contribution is 7.99. The number of thioether (sulfide) groups is 1. The first-order chi connectivity index (χ1) is 19.4. The Morgan fingerprint density at radius 2 is 1.77 bits per heavy atom. The number of benzene rings is 1. The Hall–Kier alpha value is -1.80. The summed E-state index contributed by atoms with van der Waals surface area (Å²) >= 11 is 3.86. The number of rotatable bonds is 11. The van der Waals surface area contributed by atoms with Gasteiger partial charge in [0.15, 0.2) is 0 Å². The van der Waals surface area contributed by atoms with Crippen molar-refractivity contribution < 1.29 is 4.42 Å². The van der Waals surface area contributed by atoms with Gasteiger partial charge in [-0.2, -0.15) is 11.8 Å². The van der Waals surface area contributed by atoms with E-state index in [4.69, 9.17) is 15.1 Å². The Morgan fingerprint density at radius 1 is 1.07 bits per heavy atom. The van der Waals surface area contributed by atoms with Gasteiger partial charge in [-0.05, 0) is 80.6 Å². The van der Waals surface area contributed by atoms with Gasteiger partial charge in [0.25, 0.3) is 0 Å². The molecule has 40 heavy (non-hydrogen) atoms. The van der Waals surface area contributed by atoms with Gasteiger partial charge in [0.2, 0.25) is 11.8 Å². The van der Waals surface area contributed by atoms with Crippen LogP contribution in [0.1, 0.15) is 86.5 Å². The predicted octanol–water partition coefficient (Wildman–Crippen LogP) is 7.64. The molecule has 1 saturated carbocycles. The molecular weight excluding hydrogens is 533 g/mol. The summed E-state index contributed by atoms with van der Waals surface area (Å²) in [4.78, 5) is 11.6. The van der Waals surface area contributed by atoms with Crippen LogP contribution >= 0.6 is 23.1 Å². The van der Waals surface area contributed by atoms with E-state index in [1.165, 1.54) is 41.7 Å². The third-order valence-electron chi connectivity index (χ3n) is 9.35. The molecule has 1 saturated heterocycles. The van der Waals surface area contributed by atoms with Gasteiger partial charge in [0.1, 0.15) is 5.69 Å². The van der Waals surface area contributed by atoms with E-state index < -0.39 is 0 Å². The van der Waals surface area contributed by atoms with Gasteiger partial charge in [0.05, 0.1) is 11.6 Å². The van der Waals surface area contributed by atoms with Crippen molar-refractivity contribution in [2.24, 2.45) is 17.6 Å². The molecule has 2 aliphatic rings. The maximum absolute atomic E-state index is 7.01. The van der Waals surface area contributed by atoms with Gasteiger partial charge in [-0.1, -0.05) is 57.0 Å². The summed E-state index contributed by atoms with van der Waals surface area (Å²) in [7, 11) is 0. The molecule has 0 bridgehead atoms. The minimum Gasteiger partial charge on any atom is -0.423 e. The number of thiophene rings is 1. The largest absolute Gasteiger partial charge is 0.423 e. The van der Waals surface area contributed by atoms with Crippen LogP contribution in [-0.2, 0) is 12.0 Å². The minimum atomic E-state index is -0.238. The van der Waals surface area contributed by atoms with Crippen molar-refractivity contribution in [2.75, 3.05) is 42.6 Å². The average Bonchev–Trinajstić information content (AvgIpc) is 3.61. The number of aryl methyl sites for hydroxylation is 1. The van der Waals surface area contributed by atoms with Gasteiger partial charge < -0.3 is 15.1 Å². The molecule has 2 unspecified atom stereocenters. The molecule has 2 N–H and O–H groups in total. The molecule has 218 valence electrons. The van der Waals surface area contributed by atoms with E-state index in [1.807, 2.05) is 23.1 Å². The lowest BCUT2D eigenvalue weighted by molar-refractivity contribution is 0.122. The molecule has 0 radical (unpaired) electrons. The van der Waals surface area contributed by atoms with Crippen molar-refractivity contribution >= 4 is 29.0 Å². The standard InChI is InChI=1S/C33H48N4OS2/c1-5-36(6-2)29(23-26-12-14-27(15-13-26)33(4,34)30-24(3)16-19-40-30)31-35-28(22-25-10-8-7-9-11-25)32(38-31)37-17-20-39-21-18-37/h7-11,16,19,26-27,29H,5-6,12-15,17-18,20-23,34H2,1-4H3. The highest BCUT2D eigenvalue weighted by Gasteiger charge is 2.38. The Labute approximate surface area is 249 Å². The van der Waals surface area contributed by atoms with Crippen LogP contribution in [0.4, 0.5) is 5.88 Å². The minimum absolute atomic E-state index is 0.211. The second-order valence-electron chi connectivity index (χ2n) is 12.0. The zero-order valence-electron chi connectivity index (χ0n) is 24.9. The number of hydrogen-bond acceptors (Lipinski definition) is 7. The molecule has 2 fully saturated rings. The maximum atomic E-state index is 7.01. The number of aromatic nitrogens is 1.